The molecular formula is C14H13ClIN. The third-order valence-electron chi connectivity index (χ3n) is 2.71. The second-order valence-corrected chi connectivity index (χ2v) is 5.45. The Morgan fingerprint density at radius 1 is 1.06 bits per heavy atom. The number of hydrogen-bond donors (Lipinski definition) is 1. The second kappa shape index (κ2) is 5.85. The van der Waals surface area contributed by atoms with Crippen LogP contribution in [0.3, 0.4) is 0 Å². The summed E-state index contributed by atoms with van der Waals surface area (Å²) in [6.07, 6.45) is 0. The summed E-state index contributed by atoms with van der Waals surface area (Å²) in [5, 5.41) is 4.10. The van der Waals surface area contributed by atoms with Crippen molar-refractivity contribution in [3.63, 3.8) is 0 Å². The standard InChI is InChI=1S/C14H13ClIN/c1-17-14(10-6-8-11(16)9-7-10)12-4-2-3-5-13(12)15/h2-9,14,17H,1H3. The van der Waals surface area contributed by atoms with Gasteiger partial charge in [-0.25, -0.2) is 0 Å². The average molecular weight is 358 g/mol. The van der Waals surface area contributed by atoms with E-state index in [4.69, 9.17) is 11.6 Å². The molecule has 3 heteroatoms. The van der Waals surface area contributed by atoms with Gasteiger partial charge in [0, 0.05) is 8.59 Å². The van der Waals surface area contributed by atoms with Crippen LogP contribution in [-0.4, -0.2) is 7.05 Å². The smallest absolute Gasteiger partial charge is 0.0589 e. The van der Waals surface area contributed by atoms with Crippen LogP contribution < -0.4 is 5.32 Å². The first kappa shape index (κ1) is 12.9. The van der Waals surface area contributed by atoms with Gasteiger partial charge >= 0.3 is 0 Å². The van der Waals surface area contributed by atoms with Crippen molar-refractivity contribution in [2.75, 3.05) is 7.05 Å². The molecule has 0 aliphatic heterocycles. The Morgan fingerprint density at radius 2 is 1.71 bits per heavy atom. The molecule has 1 unspecified atom stereocenters. The lowest BCUT2D eigenvalue weighted by Crippen LogP contribution is -2.17. The van der Waals surface area contributed by atoms with Gasteiger partial charge in [-0.1, -0.05) is 41.9 Å². The van der Waals surface area contributed by atoms with Crippen molar-refractivity contribution < 1.29 is 0 Å². The summed E-state index contributed by atoms with van der Waals surface area (Å²) in [5.74, 6) is 0. The monoisotopic (exact) mass is 357 g/mol. The SMILES string of the molecule is CNC(c1ccc(I)cc1)c1ccccc1Cl. The highest BCUT2D eigenvalue weighted by Gasteiger charge is 2.14. The second-order valence-electron chi connectivity index (χ2n) is 3.79. The Bertz CT molecular complexity index is 496. The minimum Gasteiger partial charge on any atom is -0.309 e. The highest BCUT2D eigenvalue weighted by Crippen LogP contribution is 2.28. The van der Waals surface area contributed by atoms with Crippen LogP contribution in [0.1, 0.15) is 17.2 Å². The molecule has 0 aliphatic rings. The molecule has 0 fully saturated rings. The minimum atomic E-state index is 0.140. The number of rotatable bonds is 3. The van der Waals surface area contributed by atoms with Crippen LogP contribution in [0.25, 0.3) is 0 Å². The van der Waals surface area contributed by atoms with Crippen LogP contribution in [0, 0.1) is 3.57 Å². The zero-order chi connectivity index (χ0) is 12.3. The molecule has 0 saturated carbocycles. The van der Waals surface area contributed by atoms with Crippen molar-refractivity contribution >= 4 is 34.2 Å². The Kier molecular flexibility index (Phi) is 4.42. The maximum atomic E-state index is 6.24. The van der Waals surface area contributed by atoms with E-state index in [0.29, 0.717) is 0 Å². The van der Waals surface area contributed by atoms with Gasteiger partial charge in [-0.3, -0.25) is 0 Å². The fourth-order valence-electron chi connectivity index (χ4n) is 1.87. The first-order chi connectivity index (χ1) is 8.22. The van der Waals surface area contributed by atoms with E-state index in [9.17, 15) is 0 Å². The molecule has 0 spiro atoms. The Balaban J connectivity index is 2.40. The van der Waals surface area contributed by atoms with Crippen LogP contribution in [0.5, 0.6) is 0 Å². The van der Waals surface area contributed by atoms with Crippen molar-refractivity contribution in [1.29, 1.82) is 0 Å². The molecule has 0 saturated heterocycles. The molecule has 88 valence electrons. The van der Waals surface area contributed by atoms with Crippen molar-refractivity contribution in [3.05, 3.63) is 68.3 Å². The Hall–Kier alpha value is -0.580. The number of hydrogen-bond acceptors (Lipinski definition) is 1. The van der Waals surface area contributed by atoms with Crippen LogP contribution in [0.15, 0.2) is 48.5 Å². The molecule has 0 aromatic heterocycles. The first-order valence-corrected chi connectivity index (χ1v) is 6.85. The lowest BCUT2D eigenvalue weighted by atomic mass is 9.99. The molecule has 0 radical (unpaired) electrons. The van der Waals surface area contributed by atoms with E-state index in [0.717, 1.165) is 10.6 Å². The third-order valence-corrected chi connectivity index (χ3v) is 3.77. The maximum absolute atomic E-state index is 6.24. The van der Waals surface area contributed by atoms with Gasteiger partial charge in [-0.15, -0.1) is 0 Å². The van der Waals surface area contributed by atoms with Crippen LogP contribution in [0.2, 0.25) is 5.02 Å². The predicted molar refractivity (Wildman–Crippen MR) is 81.5 cm³/mol. The minimum absolute atomic E-state index is 0.140. The van der Waals surface area contributed by atoms with E-state index >= 15 is 0 Å². The number of nitrogens with one attached hydrogen (secondary N) is 1. The Morgan fingerprint density at radius 3 is 2.29 bits per heavy atom. The van der Waals surface area contributed by atoms with Gasteiger partial charge in [0.25, 0.3) is 0 Å². The summed E-state index contributed by atoms with van der Waals surface area (Å²) < 4.78 is 1.24. The van der Waals surface area contributed by atoms with Gasteiger partial charge in [0.15, 0.2) is 0 Å². The molecule has 1 atom stereocenters. The van der Waals surface area contributed by atoms with E-state index in [1.807, 2.05) is 25.2 Å². The molecular weight excluding hydrogens is 345 g/mol. The third kappa shape index (κ3) is 3.00. The Labute approximate surface area is 120 Å². The van der Waals surface area contributed by atoms with E-state index in [2.05, 4.69) is 58.2 Å². The predicted octanol–water partition coefficient (Wildman–Crippen LogP) is 4.25. The van der Waals surface area contributed by atoms with Gasteiger partial charge in [-0.2, -0.15) is 0 Å². The van der Waals surface area contributed by atoms with Crippen molar-refractivity contribution in [2.24, 2.45) is 0 Å². The van der Waals surface area contributed by atoms with E-state index < -0.39 is 0 Å². The van der Waals surface area contributed by atoms with Crippen LogP contribution >= 0.6 is 34.2 Å². The van der Waals surface area contributed by atoms with Crippen LogP contribution in [-0.2, 0) is 0 Å². The molecule has 1 nitrogen and oxygen atoms in total. The fourth-order valence-corrected chi connectivity index (χ4v) is 2.47. The lowest BCUT2D eigenvalue weighted by Gasteiger charge is -2.18. The van der Waals surface area contributed by atoms with Gasteiger partial charge in [0.1, 0.15) is 0 Å². The molecule has 0 bridgehead atoms. The summed E-state index contributed by atoms with van der Waals surface area (Å²) in [7, 11) is 1.95. The molecule has 0 aliphatic carbocycles. The van der Waals surface area contributed by atoms with Crippen LogP contribution in [0.4, 0.5) is 0 Å². The van der Waals surface area contributed by atoms with Crippen molar-refractivity contribution in [3.8, 4) is 0 Å². The van der Waals surface area contributed by atoms with Crippen molar-refractivity contribution in [2.45, 2.75) is 6.04 Å². The highest BCUT2D eigenvalue weighted by atomic mass is 127. The normalized spacial score (nSPS) is 12.4. The molecule has 0 amide bonds. The lowest BCUT2D eigenvalue weighted by molar-refractivity contribution is 0.692. The zero-order valence-corrected chi connectivity index (χ0v) is 12.4. The average Bonchev–Trinajstić information content (AvgIpc) is 2.35. The van der Waals surface area contributed by atoms with Gasteiger partial charge in [0.05, 0.1) is 6.04 Å². The molecule has 0 heterocycles. The summed E-state index contributed by atoms with van der Waals surface area (Å²) in [4.78, 5) is 0. The number of benzene rings is 2. The summed E-state index contributed by atoms with van der Waals surface area (Å²) in [5.41, 5.74) is 2.33. The molecule has 1 N–H and O–H groups in total. The van der Waals surface area contributed by atoms with Gasteiger partial charge in [0.2, 0.25) is 0 Å². The van der Waals surface area contributed by atoms with Crippen molar-refractivity contribution in [1.82, 2.24) is 5.32 Å². The topological polar surface area (TPSA) is 12.0 Å². The quantitative estimate of drug-likeness (QED) is 0.810. The summed E-state index contributed by atoms with van der Waals surface area (Å²) in [6, 6.07) is 16.6. The molecule has 2 aromatic carbocycles. The van der Waals surface area contributed by atoms with E-state index in [1.165, 1.54) is 9.13 Å². The maximum Gasteiger partial charge on any atom is 0.0589 e. The number of halogens is 2. The zero-order valence-electron chi connectivity index (χ0n) is 9.45. The first-order valence-electron chi connectivity index (χ1n) is 5.39. The fraction of sp³-hybridized carbons (Fsp3) is 0.143. The highest BCUT2D eigenvalue weighted by molar-refractivity contribution is 14.1. The van der Waals surface area contributed by atoms with E-state index in [1.54, 1.807) is 0 Å². The molecule has 2 aromatic rings. The van der Waals surface area contributed by atoms with E-state index in [-0.39, 0.29) is 6.04 Å². The van der Waals surface area contributed by atoms with Gasteiger partial charge < -0.3 is 5.32 Å². The summed E-state index contributed by atoms with van der Waals surface area (Å²) in [6.45, 7) is 0. The molecule has 17 heavy (non-hydrogen) atoms. The largest absolute Gasteiger partial charge is 0.309 e. The molecule has 2 rings (SSSR count). The van der Waals surface area contributed by atoms with Gasteiger partial charge in [-0.05, 0) is 59.0 Å². The summed E-state index contributed by atoms with van der Waals surface area (Å²) >= 11 is 8.54.